The molecule has 0 spiro atoms. The average Bonchev–Trinajstić information content (AvgIpc) is 2.96. The SMILES string of the molecule is COC(=O)N/N=C/c1cn(Cc2ccc(Cl)c(Cl)c2)c2ccccc12. The number of rotatable bonds is 4. The van der Waals surface area contributed by atoms with Crippen LogP contribution in [0, 0.1) is 0 Å². The first-order chi connectivity index (χ1) is 12.1. The number of nitrogens with zero attached hydrogens (tertiary/aromatic N) is 2. The van der Waals surface area contributed by atoms with Gasteiger partial charge >= 0.3 is 6.09 Å². The van der Waals surface area contributed by atoms with Crippen LogP contribution in [-0.4, -0.2) is 24.0 Å². The molecule has 25 heavy (non-hydrogen) atoms. The van der Waals surface area contributed by atoms with Gasteiger partial charge in [0.2, 0.25) is 0 Å². The molecule has 0 radical (unpaired) electrons. The third-order valence-electron chi connectivity index (χ3n) is 3.70. The number of aromatic nitrogens is 1. The number of carbonyl (C=O) groups is 1. The van der Waals surface area contributed by atoms with E-state index in [1.54, 1.807) is 12.3 Å². The minimum absolute atomic E-state index is 0.527. The predicted molar refractivity (Wildman–Crippen MR) is 101 cm³/mol. The fourth-order valence-electron chi connectivity index (χ4n) is 2.54. The van der Waals surface area contributed by atoms with Crippen molar-refractivity contribution < 1.29 is 9.53 Å². The Morgan fingerprint density at radius 3 is 2.80 bits per heavy atom. The van der Waals surface area contributed by atoms with Gasteiger partial charge in [-0.25, -0.2) is 10.2 Å². The molecule has 0 saturated carbocycles. The zero-order valence-electron chi connectivity index (χ0n) is 13.4. The summed E-state index contributed by atoms with van der Waals surface area (Å²) in [6, 6.07) is 13.5. The molecule has 0 aliphatic rings. The monoisotopic (exact) mass is 375 g/mol. The molecular formula is C18H15Cl2N3O2. The minimum Gasteiger partial charge on any atom is -0.452 e. The molecule has 0 fully saturated rings. The maximum atomic E-state index is 11.1. The highest BCUT2D eigenvalue weighted by molar-refractivity contribution is 6.42. The largest absolute Gasteiger partial charge is 0.452 e. The molecule has 0 aliphatic carbocycles. The highest BCUT2D eigenvalue weighted by Gasteiger charge is 2.08. The van der Waals surface area contributed by atoms with E-state index < -0.39 is 6.09 Å². The van der Waals surface area contributed by atoms with Crippen molar-refractivity contribution in [3.63, 3.8) is 0 Å². The third kappa shape index (κ3) is 3.95. The van der Waals surface area contributed by atoms with E-state index in [0.717, 1.165) is 22.0 Å². The fraction of sp³-hybridized carbons (Fsp3) is 0.111. The van der Waals surface area contributed by atoms with Gasteiger partial charge in [-0.05, 0) is 23.8 Å². The van der Waals surface area contributed by atoms with Crippen LogP contribution >= 0.6 is 23.2 Å². The zero-order valence-corrected chi connectivity index (χ0v) is 14.9. The normalized spacial score (nSPS) is 11.2. The first kappa shape index (κ1) is 17.3. The molecule has 3 aromatic rings. The van der Waals surface area contributed by atoms with Gasteiger partial charge in [-0.1, -0.05) is 47.5 Å². The van der Waals surface area contributed by atoms with E-state index in [-0.39, 0.29) is 0 Å². The average molecular weight is 376 g/mol. The Hall–Kier alpha value is -2.50. The van der Waals surface area contributed by atoms with Crippen molar-refractivity contribution in [3.8, 4) is 0 Å². The highest BCUT2D eigenvalue weighted by Crippen LogP contribution is 2.25. The number of hydrogen-bond acceptors (Lipinski definition) is 3. The Balaban J connectivity index is 1.93. The van der Waals surface area contributed by atoms with Crippen LogP contribution in [0.25, 0.3) is 10.9 Å². The summed E-state index contributed by atoms with van der Waals surface area (Å²) in [4.78, 5) is 11.1. The Morgan fingerprint density at radius 2 is 2.04 bits per heavy atom. The second-order valence-electron chi connectivity index (χ2n) is 5.34. The molecule has 0 bridgehead atoms. The molecule has 1 aromatic heterocycles. The number of ether oxygens (including phenoxy) is 1. The summed E-state index contributed by atoms with van der Waals surface area (Å²) in [5, 5.41) is 5.99. The third-order valence-corrected chi connectivity index (χ3v) is 4.44. The minimum atomic E-state index is -0.615. The molecule has 0 aliphatic heterocycles. The van der Waals surface area contributed by atoms with E-state index in [2.05, 4.69) is 19.8 Å². The van der Waals surface area contributed by atoms with E-state index in [1.165, 1.54) is 7.11 Å². The predicted octanol–water partition coefficient (Wildman–Crippen LogP) is 4.69. The van der Waals surface area contributed by atoms with Crippen LogP contribution in [0.5, 0.6) is 0 Å². The molecule has 0 saturated heterocycles. The quantitative estimate of drug-likeness (QED) is 0.531. The molecule has 0 atom stereocenters. The van der Waals surface area contributed by atoms with E-state index in [1.807, 2.05) is 42.6 Å². The lowest BCUT2D eigenvalue weighted by Gasteiger charge is -2.06. The number of carbonyl (C=O) groups excluding carboxylic acids is 1. The van der Waals surface area contributed by atoms with Crippen LogP contribution in [0.4, 0.5) is 4.79 Å². The lowest BCUT2D eigenvalue weighted by atomic mass is 10.2. The summed E-state index contributed by atoms with van der Waals surface area (Å²) in [5.41, 5.74) is 5.25. The first-order valence-electron chi connectivity index (χ1n) is 7.47. The van der Waals surface area contributed by atoms with Crippen LogP contribution in [0.3, 0.4) is 0 Å². The van der Waals surface area contributed by atoms with E-state index in [4.69, 9.17) is 23.2 Å². The van der Waals surface area contributed by atoms with Crippen molar-refractivity contribution in [1.29, 1.82) is 0 Å². The van der Waals surface area contributed by atoms with Crippen LogP contribution in [0.15, 0.2) is 53.8 Å². The number of amides is 1. The summed E-state index contributed by atoms with van der Waals surface area (Å²) in [6.07, 6.45) is 2.94. The van der Waals surface area contributed by atoms with Crippen molar-refractivity contribution >= 4 is 46.4 Å². The maximum absolute atomic E-state index is 11.1. The number of benzene rings is 2. The Morgan fingerprint density at radius 1 is 1.24 bits per heavy atom. The number of para-hydroxylation sites is 1. The van der Waals surface area contributed by atoms with Gasteiger partial charge in [-0.15, -0.1) is 0 Å². The lowest BCUT2D eigenvalue weighted by molar-refractivity contribution is 0.171. The molecule has 1 heterocycles. The number of halogens is 2. The summed E-state index contributed by atoms with van der Waals surface area (Å²) in [7, 11) is 1.29. The second kappa shape index (κ2) is 7.59. The van der Waals surface area contributed by atoms with Crippen molar-refractivity contribution in [2.75, 3.05) is 7.11 Å². The molecule has 0 unspecified atom stereocenters. The number of nitrogens with one attached hydrogen (secondary N) is 1. The smallest absolute Gasteiger partial charge is 0.427 e. The van der Waals surface area contributed by atoms with Gasteiger partial charge in [0.1, 0.15) is 0 Å². The van der Waals surface area contributed by atoms with Gasteiger partial charge in [-0.2, -0.15) is 5.10 Å². The molecular weight excluding hydrogens is 361 g/mol. The Kier molecular flexibility index (Phi) is 5.26. The summed E-state index contributed by atoms with van der Waals surface area (Å²) in [6.45, 7) is 0.635. The van der Waals surface area contributed by atoms with Gasteiger partial charge in [0.15, 0.2) is 0 Å². The molecule has 5 nitrogen and oxygen atoms in total. The zero-order chi connectivity index (χ0) is 17.8. The van der Waals surface area contributed by atoms with E-state index in [9.17, 15) is 4.79 Å². The van der Waals surface area contributed by atoms with Gasteiger partial charge in [0.25, 0.3) is 0 Å². The number of methoxy groups -OCH3 is 1. The molecule has 2 aromatic carbocycles. The van der Waals surface area contributed by atoms with Crippen molar-refractivity contribution in [1.82, 2.24) is 9.99 Å². The van der Waals surface area contributed by atoms with Crippen molar-refractivity contribution in [3.05, 3.63) is 69.8 Å². The summed E-state index contributed by atoms with van der Waals surface area (Å²) in [5.74, 6) is 0. The van der Waals surface area contributed by atoms with Crippen LogP contribution in [0.2, 0.25) is 10.0 Å². The summed E-state index contributed by atoms with van der Waals surface area (Å²) < 4.78 is 6.58. The Bertz CT molecular complexity index is 951. The van der Waals surface area contributed by atoms with Crippen LogP contribution in [-0.2, 0) is 11.3 Å². The van der Waals surface area contributed by atoms with Crippen LogP contribution < -0.4 is 5.43 Å². The topological polar surface area (TPSA) is 55.6 Å². The number of hydrogen-bond donors (Lipinski definition) is 1. The van der Waals surface area contributed by atoms with Crippen LogP contribution in [0.1, 0.15) is 11.1 Å². The van der Waals surface area contributed by atoms with E-state index >= 15 is 0 Å². The molecule has 1 amide bonds. The highest BCUT2D eigenvalue weighted by atomic mass is 35.5. The first-order valence-corrected chi connectivity index (χ1v) is 8.23. The fourth-order valence-corrected chi connectivity index (χ4v) is 2.86. The molecule has 1 N–H and O–H groups in total. The maximum Gasteiger partial charge on any atom is 0.427 e. The van der Waals surface area contributed by atoms with E-state index in [0.29, 0.717) is 16.6 Å². The van der Waals surface area contributed by atoms with Gasteiger partial charge in [0, 0.05) is 29.2 Å². The standard InChI is InChI=1S/C18H15Cl2N3O2/c1-25-18(24)22-21-9-13-11-23(17-5-3-2-4-14(13)17)10-12-6-7-15(19)16(20)8-12/h2-9,11H,10H2,1H3,(H,22,24)/b21-9+. The molecule has 7 heteroatoms. The molecule has 128 valence electrons. The lowest BCUT2D eigenvalue weighted by Crippen LogP contribution is -2.16. The number of hydrazone groups is 1. The van der Waals surface area contributed by atoms with Gasteiger partial charge in [0.05, 0.1) is 23.4 Å². The Labute approximate surface area is 154 Å². The van der Waals surface area contributed by atoms with Gasteiger partial charge in [-0.3, -0.25) is 0 Å². The van der Waals surface area contributed by atoms with Crippen molar-refractivity contribution in [2.45, 2.75) is 6.54 Å². The van der Waals surface area contributed by atoms with Gasteiger partial charge < -0.3 is 9.30 Å². The van der Waals surface area contributed by atoms with Crippen molar-refractivity contribution in [2.24, 2.45) is 5.10 Å². The molecule has 3 rings (SSSR count). The summed E-state index contributed by atoms with van der Waals surface area (Å²) >= 11 is 12.1. The second-order valence-corrected chi connectivity index (χ2v) is 6.15. The number of fused-ring (bicyclic) bond motifs is 1.